The average Bonchev–Trinajstić information content (AvgIpc) is 2.61. The van der Waals surface area contributed by atoms with Crippen LogP contribution < -0.4 is 0 Å². The van der Waals surface area contributed by atoms with E-state index in [0.29, 0.717) is 5.69 Å². The molecule has 0 aliphatic rings. The van der Waals surface area contributed by atoms with E-state index in [2.05, 4.69) is 4.98 Å². The van der Waals surface area contributed by atoms with Crippen molar-refractivity contribution in [1.29, 1.82) is 0 Å². The van der Waals surface area contributed by atoms with Crippen LogP contribution in [0.4, 0.5) is 0 Å². The van der Waals surface area contributed by atoms with Gasteiger partial charge in [0.1, 0.15) is 5.01 Å². The van der Waals surface area contributed by atoms with Crippen LogP contribution in [0.25, 0.3) is 9.88 Å². The van der Waals surface area contributed by atoms with Crippen molar-refractivity contribution >= 4 is 34.3 Å². The standard InChI is InChI=1S/C8H6ClNOS2/c1-4-8(11)13-7(10-4)5-2-3-6(9)12-5/h2-3,11H,1H3. The summed E-state index contributed by atoms with van der Waals surface area (Å²) >= 11 is 8.53. The Morgan fingerprint density at radius 1 is 1.38 bits per heavy atom. The maximum absolute atomic E-state index is 9.34. The Labute approximate surface area is 88.5 Å². The van der Waals surface area contributed by atoms with E-state index in [1.54, 1.807) is 6.92 Å². The molecule has 68 valence electrons. The Morgan fingerprint density at radius 2 is 2.15 bits per heavy atom. The summed E-state index contributed by atoms with van der Waals surface area (Å²) in [5.74, 6) is 0. The predicted octanol–water partition coefficient (Wildman–Crippen LogP) is 3.54. The second kappa shape index (κ2) is 3.29. The van der Waals surface area contributed by atoms with Crippen molar-refractivity contribution in [2.75, 3.05) is 0 Å². The van der Waals surface area contributed by atoms with E-state index in [1.807, 2.05) is 12.1 Å². The van der Waals surface area contributed by atoms with Crippen molar-refractivity contribution in [3.8, 4) is 14.9 Å². The van der Waals surface area contributed by atoms with Crippen molar-refractivity contribution in [2.45, 2.75) is 6.92 Å². The van der Waals surface area contributed by atoms with Gasteiger partial charge in [-0.25, -0.2) is 4.98 Å². The molecule has 1 N–H and O–H groups in total. The minimum Gasteiger partial charge on any atom is -0.498 e. The smallest absolute Gasteiger partial charge is 0.195 e. The maximum atomic E-state index is 9.34. The topological polar surface area (TPSA) is 33.1 Å². The molecule has 0 aromatic carbocycles. The van der Waals surface area contributed by atoms with E-state index in [1.165, 1.54) is 22.7 Å². The maximum Gasteiger partial charge on any atom is 0.195 e. The van der Waals surface area contributed by atoms with Gasteiger partial charge in [0.05, 0.1) is 14.9 Å². The molecule has 0 saturated carbocycles. The van der Waals surface area contributed by atoms with Gasteiger partial charge in [-0.2, -0.15) is 0 Å². The fourth-order valence-electron chi connectivity index (χ4n) is 0.923. The number of nitrogens with zero attached hydrogens (tertiary/aromatic N) is 1. The van der Waals surface area contributed by atoms with Crippen LogP contribution in [-0.2, 0) is 0 Å². The Bertz CT molecular complexity index is 416. The first-order valence-electron chi connectivity index (χ1n) is 3.59. The van der Waals surface area contributed by atoms with Gasteiger partial charge in [0.2, 0.25) is 0 Å². The number of aromatic hydroxyl groups is 1. The first-order chi connectivity index (χ1) is 6.16. The summed E-state index contributed by atoms with van der Waals surface area (Å²) in [5.41, 5.74) is 0.671. The molecule has 2 aromatic heterocycles. The van der Waals surface area contributed by atoms with Crippen molar-refractivity contribution < 1.29 is 5.11 Å². The number of thiazole rings is 1. The van der Waals surface area contributed by atoms with Crippen molar-refractivity contribution in [2.24, 2.45) is 0 Å². The molecule has 2 aromatic rings. The molecular weight excluding hydrogens is 226 g/mol. The molecule has 2 nitrogen and oxygen atoms in total. The third kappa shape index (κ3) is 1.70. The lowest BCUT2D eigenvalue weighted by atomic mass is 10.5. The predicted molar refractivity (Wildman–Crippen MR) is 56.8 cm³/mol. The van der Waals surface area contributed by atoms with E-state index in [0.717, 1.165) is 14.2 Å². The fraction of sp³-hybridized carbons (Fsp3) is 0.125. The Kier molecular flexibility index (Phi) is 2.27. The second-order valence-electron chi connectivity index (χ2n) is 2.51. The lowest BCUT2D eigenvalue weighted by Gasteiger charge is -1.84. The van der Waals surface area contributed by atoms with Crippen LogP contribution >= 0.6 is 34.3 Å². The third-order valence-electron chi connectivity index (χ3n) is 1.56. The summed E-state index contributed by atoms with van der Waals surface area (Å²) < 4.78 is 0.738. The zero-order valence-electron chi connectivity index (χ0n) is 6.74. The van der Waals surface area contributed by atoms with Crippen LogP contribution in [0.3, 0.4) is 0 Å². The van der Waals surface area contributed by atoms with E-state index in [-0.39, 0.29) is 5.06 Å². The van der Waals surface area contributed by atoms with Gasteiger partial charge in [0.15, 0.2) is 5.06 Å². The molecule has 0 unspecified atom stereocenters. The molecule has 2 heterocycles. The zero-order chi connectivity index (χ0) is 9.42. The van der Waals surface area contributed by atoms with Gasteiger partial charge in [0, 0.05) is 0 Å². The molecule has 0 aliphatic carbocycles. The molecule has 13 heavy (non-hydrogen) atoms. The molecule has 0 bridgehead atoms. The average molecular weight is 232 g/mol. The Hall–Kier alpha value is -0.580. The molecule has 0 amide bonds. The first-order valence-corrected chi connectivity index (χ1v) is 5.60. The number of halogens is 1. The molecular formula is C8H6ClNOS2. The van der Waals surface area contributed by atoms with Gasteiger partial charge in [-0.05, 0) is 19.1 Å². The number of aryl methyl sites for hydroxylation is 1. The minimum atomic E-state index is 0.277. The highest BCUT2D eigenvalue weighted by Gasteiger charge is 2.09. The van der Waals surface area contributed by atoms with Gasteiger partial charge in [-0.1, -0.05) is 22.9 Å². The Morgan fingerprint density at radius 3 is 2.62 bits per heavy atom. The van der Waals surface area contributed by atoms with E-state index < -0.39 is 0 Å². The lowest BCUT2D eigenvalue weighted by Crippen LogP contribution is -1.70. The summed E-state index contributed by atoms with van der Waals surface area (Å²) in [5, 5.41) is 10.4. The van der Waals surface area contributed by atoms with Crippen molar-refractivity contribution in [3.05, 3.63) is 22.2 Å². The third-order valence-corrected chi connectivity index (χ3v) is 3.92. The first kappa shape index (κ1) is 8.99. The molecule has 5 heteroatoms. The number of aromatic nitrogens is 1. The van der Waals surface area contributed by atoms with Gasteiger partial charge < -0.3 is 5.11 Å². The van der Waals surface area contributed by atoms with Crippen LogP contribution in [0.1, 0.15) is 5.69 Å². The van der Waals surface area contributed by atoms with Crippen molar-refractivity contribution in [1.82, 2.24) is 4.98 Å². The number of hydrogen-bond acceptors (Lipinski definition) is 4. The van der Waals surface area contributed by atoms with Crippen LogP contribution in [0, 0.1) is 6.92 Å². The largest absolute Gasteiger partial charge is 0.498 e. The van der Waals surface area contributed by atoms with Crippen LogP contribution in [0.2, 0.25) is 4.34 Å². The summed E-state index contributed by atoms with van der Waals surface area (Å²) in [6.45, 7) is 1.78. The zero-order valence-corrected chi connectivity index (χ0v) is 9.13. The number of hydrogen-bond donors (Lipinski definition) is 1. The lowest BCUT2D eigenvalue weighted by molar-refractivity contribution is 0.485. The minimum absolute atomic E-state index is 0.277. The molecule has 0 saturated heterocycles. The van der Waals surface area contributed by atoms with Crippen molar-refractivity contribution in [3.63, 3.8) is 0 Å². The van der Waals surface area contributed by atoms with E-state index in [4.69, 9.17) is 11.6 Å². The van der Waals surface area contributed by atoms with Crippen LogP contribution in [0.15, 0.2) is 12.1 Å². The highest BCUT2D eigenvalue weighted by Crippen LogP contribution is 2.37. The van der Waals surface area contributed by atoms with E-state index >= 15 is 0 Å². The summed E-state index contributed by atoms with van der Waals surface area (Å²) in [7, 11) is 0. The summed E-state index contributed by atoms with van der Waals surface area (Å²) in [6, 6.07) is 3.74. The molecule has 2 rings (SSSR count). The number of rotatable bonds is 1. The SMILES string of the molecule is Cc1nc(-c2ccc(Cl)s2)sc1O. The molecule has 0 aliphatic heterocycles. The summed E-state index contributed by atoms with van der Waals surface area (Å²) in [6.07, 6.45) is 0. The highest BCUT2D eigenvalue weighted by atomic mass is 35.5. The normalized spacial score (nSPS) is 10.6. The van der Waals surface area contributed by atoms with E-state index in [9.17, 15) is 5.11 Å². The quantitative estimate of drug-likeness (QED) is 0.815. The van der Waals surface area contributed by atoms with Crippen LogP contribution in [0.5, 0.6) is 5.06 Å². The molecule has 0 spiro atoms. The highest BCUT2D eigenvalue weighted by molar-refractivity contribution is 7.24. The van der Waals surface area contributed by atoms with Gasteiger partial charge in [-0.15, -0.1) is 11.3 Å². The molecule has 0 fully saturated rings. The number of thiophene rings is 1. The van der Waals surface area contributed by atoms with Gasteiger partial charge in [-0.3, -0.25) is 0 Å². The van der Waals surface area contributed by atoms with Gasteiger partial charge >= 0.3 is 0 Å². The van der Waals surface area contributed by atoms with Gasteiger partial charge in [0.25, 0.3) is 0 Å². The second-order valence-corrected chi connectivity index (χ2v) is 5.21. The Balaban J connectivity index is 2.46. The monoisotopic (exact) mass is 231 g/mol. The fourth-order valence-corrected chi connectivity index (χ4v) is 2.83. The molecule has 0 radical (unpaired) electrons. The molecule has 0 atom stereocenters. The summed E-state index contributed by atoms with van der Waals surface area (Å²) in [4.78, 5) is 5.21. The van der Waals surface area contributed by atoms with Crippen LogP contribution in [-0.4, -0.2) is 10.1 Å².